The quantitative estimate of drug-likeness (QED) is 0.407. The van der Waals surface area contributed by atoms with E-state index >= 15 is 0 Å². The number of carbonyl (C=O) groups excluding carboxylic acids is 1. The number of aryl methyl sites for hydroxylation is 1. The Bertz CT molecular complexity index is 1550. The minimum Gasteiger partial charge on any atom is -0.497 e. The molecule has 4 aromatic rings. The number of amides is 1. The molecule has 1 amide bonds. The van der Waals surface area contributed by atoms with Gasteiger partial charge in [-0.15, -0.1) is 0 Å². The van der Waals surface area contributed by atoms with Crippen LogP contribution in [0.4, 0.5) is 5.69 Å². The third kappa shape index (κ3) is 4.55. The van der Waals surface area contributed by atoms with E-state index in [1.54, 1.807) is 24.3 Å². The molecule has 4 rings (SSSR count). The molecular weight excluding hydrogens is 462 g/mol. The van der Waals surface area contributed by atoms with Crippen molar-refractivity contribution in [2.24, 2.45) is 0 Å². The van der Waals surface area contributed by atoms with Crippen molar-refractivity contribution in [2.45, 2.75) is 19.9 Å². The van der Waals surface area contributed by atoms with Gasteiger partial charge in [0.15, 0.2) is 11.5 Å². The van der Waals surface area contributed by atoms with Crippen molar-refractivity contribution in [1.82, 2.24) is 9.13 Å². The van der Waals surface area contributed by atoms with Crippen molar-refractivity contribution in [3.63, 3.8) is 0 Å². The average Bonchev–Trinajstić information content (AvgIpc) is 2.90. The zero-order valence-corrected chi connectivity index (χ0v) is 20.5. The number of fused-ring (bicyclic) bond motifs is 1. The van der Waals surface area contributed by atoms with Crippen molar-refractivity contribution in [2.75, 3.05) is 26.6 Å². The van der Waals surface area contributed by atoms with Crippen LogP contribution in [0.5, 0.6) is 17.2 Å². The molecule has 36 heavy (non-hydrogen) atoms. The van der Waals surface area contributed by atoms with Crippen LogP contribution in [0.1, 0.15) is 12.5 Å². The van der Waals surface area contributed by atoms with Crippen LogP contribution in [0.25, 0.3) is 16.6 Å². The molecule has 186 valence electrons. The van der Waals surface area contributed by atoms with Crippen LogP contribution in [-0.4, -0.2) is 36.4 Å². The summed E-state index contributed by atoms with van der Waals surface area (Å²) in [6.07, 6.45) is 0.733. The van der Waals surface area contributed by atoms with Crippen molar-refractivity contribution in [3.05, 3.63) is 87.1 Å². The normalized spacial score (nSPS) is 10.8. The maximum atomic E-state index is 13.7. The third-order valence-corrected chi connectivity index (χ3v) is 5.93. The van der Waals surface area contributed by atoms with Gasteiger partial charge in [-0.3, -0.25) is 14.2 Å². The highest BCUT2D eigenvalue weighted by Gasteiger charge is 2.20. The zero-order valence-electron chi connectivity index (χ0n) is 20.5. The number of hydrogen-bond donors (Lipinski definition) is 1. The van der Waals surface area contributed by atoms with E-state index in [9.17, 15) is 14.4 Å². The lowest BCUT2D eigenvalue weighted by Crippen LogP contribution is -2.41. The first-order valence-corrected chi connectivity index (χ1v) is 11.4. The smallest absolute Gasteiger partial charge is 0.336 e. The number of ether oxygens (including phenoxy) is 3. The molecule has 9 nitrogen and oxygen atoms in total. The van der Waals surface area contributed by atoms with Crippen molar-refractivity contribution >= 4 is 22.5 Å². The van der Waals surface area contributed by atoms with E-state index in [0.717, 1.165) is 16.6 Å². The van der Waals surface area contributed by atoms with Crippen LogP contribution in [0.15, 0.2) is 70.3 Å². The van der Waals surface area contributed by atoms with Gasteiger partial charge in [-0.1, -0.05) is 31.2 Å². The minimum absolute atomic E-state index is 0.192. The Labute approximate surface area is 207 Å². The Kier molecular flexibility index (Phi) is 7.10. The minimum atomic E-state index is -0.674. The number of methoxy groups -OCH3 is 3. The number of benzene rings is 3. The van der Waals surface area contributed by atoms with Crippen LogP contribution in [0.3, 0.4) is 0 Å². The maximum Gasteiger partial charge on any atom is 0.336 e. The summed E-state index contributed by atoms with van der Waals surface area (Å²) in [7, 11) is 4.41. The van der Waals surface area contributed by atoms with Crippen LogP contribution in [-0.2, 0) is 17.8 Å². The molecule has 0 fully saturated rings. The van der Waals surface area contributed by atoms with Crippen molar-refractivity contribution < 1.29 is 19.0 Å². The van der Waals surface area contributed by atoms with E-state index in [-0.39, 0.29) is 17.4 Å². The summed E-state index contributed by atoms with van der Waals surface area (Å²) < 4.78 is 18.3. The molecule has 1 aromatic heterocycles. The third-order valence-electron chi connectivity index (χ3n) is 5.93. The molecule has 0 bridgehead atoms. The van der Waals surface area contributed by atoms with Crippen LogP contribution in [0, 0.1) is 0 Å². The topological polar surface area (TPSA) is 101 Å². The average molecular weight is 490 g/mol. The Morgan fingerprint density at radius 2 is 1.61 bits per heavy atom. The zero-order chi connectivity index (χ0) is 25.8. The molecule has 0 atom stereocenters. The summed E-state index contributed by atoms with van der Waals surface area (Å²) in [6, 6.07) is 17.1. The van der Waals surface area contributed by atoms with Gasteiger partial charge in [0, 0.05) is 17.8 Å². The van der Waals surface area contributed by atoms with E-state index < -0.39 is 17.2 Å². The predicted molar refractivity (Wildman–Crippen MR) is 138 cm³/mol. The Morgan fingerprint density at radius 1 is 0.889 bits per heavy atom. The van der Waals surface area contributed by atoms with E-state index in [1.165, 1.54) is 38.0 Å². The second-order valence-electron chi connectivity index (χ2n) is 7.99. The summed E-state index contributed by atoms with van der Waals surface area (Å²) in [5.41, 5.74) is 0.967. The fraction of sp³-hybridized carbons (Fsp3) is 0.222. The van der Waals surface area contributed by atoms with Gasteiger partial charge in [-0.05, 0) is 36.2 Å². The molecule has 0 aliphatic heterocycles. The number of anilines is 1. The van der Waals surface area contributed by atoms with Crippen molar-refractivity contribution in [3.8, 4) is 22.9 Å². The second kappa shape index (κ2) is 10.4. The SMILES string of the molecule is CCc1ccccc1NC(=O)Cn1c(=O)n(-c2cccc(OC)c2)c(=O)c2cc(OC)c(OC)cc21. The highest BCUT2D eigenvalue weighted by atomic mass is 16.5. The number of para-hydroxylation sites is 1. The maximum absolute atomic E-state index is 13.7. The number of aromatic nitrogens is 2. The van der Waals surface area contributed by atoms with Crippen molar-refractivity contribution in [1.29, 1.82) is 0 Å². The van der Waals surface area contributed by atoms with Gasteiger partial charge in [-0.25, -0.2) is 9.36 Å². The molecule has 3 aromatic carbocycles. The van der Waals surface area contributed by atoms with E-state index in [0.29, 0.717) is 28.6 Å². The summed E-state index contributed by atoms with van der Waals surface area (Å²) in [6.45, 7) is 1.67. The molecule has 1 heterocycles. The number of nitrogens with one attached hydrogen (secondary N) is 1. The lowest BCUT2D eigenvalue weighted by molar-refractivity contribution is -0.116. The molecule has 0 saturated carbocycles. The lowest BCUT2D eigenvalue weighted by atomic mass is 10.1. The van der Waals surface area contributed by atoms with Crippen LogP contribution in [0.2, 0.25) is 0 Å². The summed E-state index contributed by atoms with van der Waals surface area (Å²) in [5, 5.41) is 3.07. The fourth-order valence-electron chi connectivity index (χ4n) is 4.11. The molecule has 9 heteroatoms. The molecule has 1 N–H and O–H groups in total. The first kappa shape index (κ1) is 24.6. The Hall–Kier alpha value is -4.53. The van der Waals surface area contributed by atoms with Gasteiger partial charge in [0.05, 0.1) is 37.9 Å². The summed E-state index contributed by atoms with van der Waals surface area (Å²) in [5.74, 6) is 0.718. The molecule has 0 spiro atoms. The second-order valence-corrected chi connectivity index (χ2v) is 7.99. The molecule has 0 aliphatic rings. The largest absolute Gasteiger partial charge is 0.497 e. The van der Waals surface area contributed by atoms with Gasteiger partial charge in [0.2, 0.25) is 5.91 Å². The molecule has 0 unspecified atom stereocenters. The Morgan fingerprint density at radius 3 is 2.31 bits per heavy atom. The molecule has 0 saturated heterocycles. The van der Waals surface area contributed by atoms with Gasteiger partial charge in [0.1, 0.15) is 12.3 Å². The van der Waals surface area contributed by atoms with Gasteiger partial charge < -0.3 is 19.5 Å². The highest BCUT2D eigenvalue weighted by Crippen LogP contribution is 2.30. The number of carbonyl (C=O) groups is 1. The molecule has 0 aliphatic carbocycles. The van der Waals surface area contributed by atoms with Crippen LogP contribution >= 0.6 is 0 Å². The highest BCUT2D eigenvalue weighted by molar-refractivity contribution is 5.92. The fourth-order valence-corrected chi connectivity index (χ4v) is 4.11. The van der Waals surface area contributed by atoms with E-state index in [2.05, 4.69) is 5.32 Å². The van der Waals surface area contributed by atoms with E-state index in [1.807, 2.05) is 31.2 Å². The van der Waals surface area contributed by atoms with E-state index in [4.69, 9.17) is 14.2 Å². The predicted octanol–water partition coefficient (Wildman–Crippen LogP) is 3.38. The van der Waals surface area contributed by atoms with Gasteiger partial charge >= 0.3 is 5.69 Å². The standard InChI is InChI=1S/C27H27N3O6/c1-5-17-9-6-7-12-21(17)28-25(31)16-29-22-15-24(36-4)23(35-3)14-20(22)26(32)30(27(29)33)18-10-8-11-19(13-18)34-2/h6-15H,5,16H2,1-4H3,(H,28,31). The Balaban J connectivity index is 1.93. The number of hydrogen-bond acceptors (Lipinski definition) is 6. The lowest BCUT2D eigenvalue weighted by Gasteiger charge is -2.17. The van der Waals surface area contributed by atoms with Crippen LogP contribution < -0.4 is 30.8 Å². The first-order valence-electron chi connectivity index (χ1n) is 11.4. The summed E-state index contributed by atoms with van der Waals surface area (Å²) in [4.78, 5) is 40.4. The number of nitrogens with zero attached hydrogens (tertiary/aromatic N) is 2. The summed E-state index contributed by atoms with van der Waals surface area (Å²) >= 11 is 0. The monoisotopic (exact) mass is 489 g/mol. The molecular formula is C27H27N3O6. The first-order chi connectivity index (χ1) is 17.4. The van der Waals surface area contributed by atoms with Gasteiger partial charge in [-0.2, -0.15) is 0 Å². The number of rotatable bonds is 8. The molecule has 0 radical (unpaired) electrons. The van der Waals surface area contributed by atoms with Gasteiger partial charge in [0.25, 0.3) is 5.56 Å².